The summed E-state index contributed by atoms with van der Waals surface area (Å²) in [5, 5.41) is 54.2. The maximum Gasteiger partial charge on any atom is 0.305 e. The topological polar surface area (TPSA) is 175 Å². The smallest absolute Gasteiger partial charge is 0.305 e. The van der Waals surface area contributed by atoms with Crippen molar-refractivity contribution in [2.45, 2.75) is 307 Å². The van der Waals surface area contributed by atoms with Crippen LogP contribution in [0.15, 0.2) is 24.3 Å². The van der Waals surface area contributed by atoms with Crippen molar-refractivity contribution in [1.29, 1.82) is 0 Å². The molecule has 7 unspecified atom stereocenters. The molecule has 0 aliphatic carbocycles. The molecule has 1 rings (SSSR count). The molecular formula is C57H107NO10. The van der Waals surface area contributed by atoms with Gasteiger partial charge in [0.15, 0.2) is 6.29 Å². The Bertz CT molecular complexity index is 1180. The van der Waals surface area contributed by atoms with Crippen LogP contribution in [0.5, 0.6) is 0 Å². The van der Waals surface area contributed by atoms with Crippen molar-refractivity contribution in [1.82, 2.24) is 5.32 Å². The van der Waals surface area contributed by atoms with Gasteiger partial charge in [-0.25, -0.2) is 0 Å². The summed E-state index contributed by atoms with van der Waals surface area (Å²) >= 11 is 0. The lowest BCUT2D eigenvalue weighted by Crippen LogP contribution is -2.60. The highest BCUT2D eigenvalue weighted by Crippen LogP contribution is 2.23. The van der Waals surface area contributed by atoms with Crippen LogP contribution >= 0.6 is 0 Å². The van der Waals surface area contributed by atoms with Gasteiger partial charge in [-0.15, -0.1) is 0 Å². The number of hydrogen-bond donors (Lipinski definition) is 6. The number of carbonyl (C=O) groups is 2. The Kier molecular flexibility index (Phi) is 44.8. The van der Waals surface area contributed by atoms with Crippen molar-refractivity contribution in [3.63, 3.8) is 0 Å². The first-order chi connectivity index (χ1) is 33.2. The molecule has 0 saturated carbocycles. The van der Waals surface area contributed by atoms with Crippen LogP contribution < -0.4 is 5.32 Å². The molecule has 0 aromatic carbocycles. The lowest BCUT2D eigenvalue weighted by Gasteiger charge is -2.40. The summed E-state index contributed by atoms with van der Waals surface area (Å²) in [5.41, 5.74) is 0. The third-order valence-electron chi connectivity index (χ3n) is 13.6. The van der Waals surface area contributed by atoms with E-state index < -0.39 is 49.5 Å². The molecule has 1 saturated heterocycles. The molecule has 1 aliphatic heterocycles. The molecule has 0 spiro atoms. The van der Waals surface area contributed by atoms with E-state index in [4.69, 9.17) is 14.2 Å². The van der Waals surface area contributed by atoms with E-state index in [1.807, 2.05) is 6.08 Å². The molecule has 7 atom stereocenters. The fourth-order valence-electron chi connectivity index (χ4n) is 8.98. The molecule has 0 bridgehead atoms. The van der Waals surface area contributed by atoms with E-state index in [2.05, 4.69) is 31.3 Å². The fourth-order valence-corrected chi connectivity index (χ4v) is 8.98. The Balaban J connectivity index is 2.09. The number of amides is 1. The number of unbranched alkanes of at least 4 members (excludes halogenated alkanes) is 33. The van der Waals surface area contributed by atoms with Gasteiger partial charge in [-0.05, 0) is 44.9 Å². The number of hydrogen-bond acceptors (Lipinski definition) is 10. The van der Waals surface area contributed by atoms with Crippen molar-refractivity contribution in [3.05, 3.63) is 24.3 Å². The van der Waals surface area contributed by atoms with Crippen molar-refractivity contribution in [3.8, 4) is 0 Å². The van der Waals surface area contributed by atoms with Crippen molar-refractivity contribution in [2.75, 3.05) is 19.8 Å². The minimum Gasteiger partial charge on any atom is -0.466 e. The van der Waals surface area contributed by atoms with Gasteiger partial charge < -0.3 is 45.1 Å². The Hall–Kier alpha value is -1.86. The molecule has 11 nitrogen and oxygen atoms in total. The summed E-state index contributed by atoms with van der Waals surface area (Å²) in [6.45, 7) is 4.29. The predicted octanol–water partition coefficient (Wildman–Crippen LogP) is 12.6. The van der Waals surface area contributed by atoms with Gasteiger partial charge in [-0.3, -0.25) is 9.59 Å². The molecule has 0 aromatic heterocycles. The zero-order valence-corrected chi connectivity index (χ0v) is 43.8. The predicted molar refractivity (Wildman–Crippen MR) is 278 cm³/mol. The van der Waals surface area contributed by atoms with E-state index in [1.54, 1.807) is 6.08 Å². The standard InChI is InChI=1S/C57H107NO10/c1-3-5-7-9-11-13-23-27-31-35-39-43-50(60)49(48-67-57-56(65)55(64)54(63)51(47-59)68-57)58-52(61)44-40-36-32-28-25-21-19-17-15-16-18-20-22-26-30-34-38-42-46-66-53(62)45-41-37-33-29-24-14-12-10-8-6-4-2/h23,27,39,43,49-51,54-57,59-60,63-65H,3-22,24-26,28-38,40-42,44-48H2,1-2H3,(H,58,61)/b27-23+,43-39+. The molecule has 0 radical (unpaired) electrons. The number of nitrogens with one attached hydrogen (secondary N) is 1. The number of esters is 1. The van der Waals surface area contributed by atoms with Gasteiger partial charge in [0.25, 0.3) is 0 Å². The van der Waals surface area contributed by atoms with E-state index >= 15 is 0 Å². The number of allylic oxidation sites excluding steroid dienone is 3. The van der Waals surface area contributed by atoms with Gasteiger partial charge in [-0.2, -0.15) is 0 Å². The Morgan fingerprint density at radius 1 is 0.529 bits per heavy atom. The minimum absolute atomic E-state index is 0.00950. The van der Waals surface area contributed by atoms with Gasteiger partial charge in [0.2, 0.25) is 5.91 Å². The number of rotatable bonds is 49. The van der Waals surface area contributed by atoms with Crippen molar-refractivity contribution in [2.24, 2.45) is 0 Å². The summed E-state index contributed by atoms with van der Waals surface area (Å²) in [6.07, 6.45) is 45.5. The zero-order valence-electron chi connectivity index (χ0n) is 43.8. The molecule has 6 N–H and O–H groups in total. The second-order valence-corrected chi connectivity index (χ2v) is 20.0. The average Bonchev–Trinajstić information content (AvgIpc) is 3.33. The number of aliphatic hydroxyl groups is 5. The van der Waals surface area contributed by atoms with Crippen LogP contribution in [0.4, 0.5) is 0 Å². The second-order valence-electron chi connectivity index (χ2n) is 20.0. The monoisotopic (exact) mass is 966 g/mol. The Morgan fingerprint density at radius 3 is 1.46 bits per heavy atom. The summed E-state index contributed by atoms with van der Waals surface area (Å²) in [7, 11) is 0. The SMILES string of the molecule is CCCCCCC/C=C/CC/C=C/C(O)C(COC1OC(CO)C(O)C(O)C1O)NC(=O)CCCCCCCCCCCCCCCCCCCCOC(=O)CCCCCCCCCCCCC. The van der Waals surface area contributed by atoms with Crippen LogP contribution in [0.2, 0.25) is 0 Å². The minimum atomic E-state index is -1.58. The van der Waals surface area contributed by atoms with Crippen LogP contribution in [0.25, 0.3) is 0 Å². The normalized spacial score (nSPS) is 19.5. The summed E-state index contributed by atoms with van der Waals surface area (Å²) in [6, 6.07) is -0.829. The maximum absolute atomic E-state index is 13.0. The van der Waals surface area contributed by atoms with E-state index in [0.717, 1.165) is 64.2 Å². The number of aliphatic hydroxyl groups excluding tert-OH is 5. The van der Waals surface area contributed by atoms with E-state index in [0.29, 0.717) is 19.4 Å². The molecular weight excluding hydrogens is 859 g/mol. The zero-order chi connectivity index (χ0) is 49.6. The van der Waals surface area contributed by atoms with E-state index in [1.165, 1.54) is 173 Å². The molecule has 1 aliphatic rings. The van der Waals surface area contributed by atoms with Gasteiger partial charge in [-0.1, -0.05) is 231 Å². The van der Waals surface area contributed by atoms with Crippen LogP contribution in [0, 0.1) is 0 Å². The van der Waals surface area contributed by atoms with E-state index in [9.17, 15) is 35.1 Å². The third kappa shape index (κ3) is 37.0. The number of carbonyl (C=O) groups excluding carboxylic acids is 2. The Labute approximate surface area is 416 Å². The third-order valence-corrected chi connectivity index (χ3v) is 13.6. The summed E-state index contributed by atoms with van der Waals surface area (Å²) < 4.78 is 16.7. The molecule has 400 valence electrons. The molecule has 68 heavy (non-hydrogen) atoms. The highest BCUT2D eigenvalue weighted by atomic mass is 16.7. The van der Waals surface area contributed by atoms with Crippen molar-refractivity contribution < 1.29 is 49.3 Å². The first-order valence-corrected chi connectivity index (χ1v) is 28.6. The lowest BCUT2D eigenvalue weighted by molar-refractivity contribution is -0.302. The molecule has 1 fully saturated rings. The van der Waals surface area contributed by atoms with Gasteiger partial charge in [0, 0.05) is 12.8 Å². The van der Waals surface area contributed by atoms with Gasteiger partial charge in [0.05, 0.1) is 32.0 Å². The fraction of sp³-hybridized carbons (Fsp3) is 0.895. The van der Waals surface area contributed by atoms with Crippen LogP contribution in [-0.2, 0) is 23.8 Å². The first kappa shape index (κ1) is 64.2. The second kappa shape index (κ2) is 47.5. The lowest BCUT2D eigenvalue weighted by atomic mass is 9.99. The van der Waals surface area contributed by atoms with Crippen LogP contribution in [0.3, 0.4) is 0 Å². The van der Waals surface area contributed by atoms with Gasteiger partial charge in [0.1, 0.15) is 24.4 Å². The first-order valence-electron chi connectivity index (χ1n) is 28.6. The number of ether oxygens (including phenoxy) is 3. The molecule has 1 amide bonds. The van der Waals surface area contributed by atoms with Crippen LogP contribution in [-0.4, -0.2) is 100 Å². The molecule has 1 heterocycles. The molecule has 0 aromatic rings. The van der Waals surface area contributed by atoms with Crippen molar-refractivity contribution >= 4 is 11.9 Å². The largest absolute Gasteiger partial charge is 0.466 e. The molecule has 11 heteroatoms. The highest BCUT2D eigenvalue weighted by Gasteiger charge is 2.44. The quantitative estimate of drug-likeness (QED) is 0.0196. The Morgan fingerprint density at radius 2 is 0.956 bits per heavy atom. The highest BCUT2D eigenvalue weighted by molar-refractivity contribution is 5.76. The maximum atomic E-state index is 13.0. The van der Waals surface area contributed by atoms with Crippen LogP contribution in [0.1, 0.15) is 264 Å². The average molecular weight is 966 g/mol. The summed E-state index contributed by atoms with van der Waals surface area (Å²) in [4.78, 5) is 25.0. The van der Waals surface area contributed by atoms with Gasteiger partial charge >= 0.3 is 5.97 Å². The summed E-state index contributed by atoms with van der Waals surface area (Å²) in [5.74, 6) is -0.206. The van der Waals surface area contributed by atoms with E-state index in [-0.39, 0.29) is 18.5 Å².